The van der Waals surface area contributed by atoms with Gasteiger partial charge in [0.15, 0.2) is 20.9 Å². The molecule has 4 fully saturated rings. The second kappa shape index (κ2) is 27.0. The number of rotatable bonds is 12. The fourth-order valence-electron chi connectivity index (χ4n) is 15.9. The molecule has 3 amide bonds. The highest BCUT2D eigenvalue weighted by atomic mass is 32.2. The van der Waals surface area contributed by atoms with Crippen molar-refractivity contribution in [3.63, 3.8) is 0 Å². The molecule has 8 unspecified atom stereocenters. The average Bonchev–Trinajstić information content (AvgIpc) is 1.61. The molecule has 17 rings (SSSR count). The van der Waals surface area contributed by atoms with Gasteiger partial charge >= 0.3 is 5.97 Å². The molecule has 11 heterocycles. The van der Waals surface area contributed by atoms with Crippen LogP contribution >= 0.6 is 34.4 Å². The number of amides is 3. The molecule has 10 aliphatic rings. The van der Waals surface area contributed by atoms with Crippen LogP contribution in [0.4, 0.5) is 0 Å². The number of carboxylic acids is 1. The van der Waals surface area contributed by atoms with Crippen molar-refractivity contribution in [3.05, 3.63) is 115 Å². The van der Waals surface area contributed by atoms with Gasteiger partial charge in [0.25, 0.3) is 11.8 Å². The summed E-state index contributed by atoms with van der Waals surface area (Å²) in [6.45, 7) is 9.42. The molecule has 6 N–H and O–H groups in total. The summed E-state index contributed by atoms with van der Waals surface area (Å²) >= 11 is 4.67. The molecule has 4 aromatic heterocycles. The monoisotopic (exact) mass is 1350 g/mol. The molecule has 498 valence electrons. The Kier molecular flexibility index (Phi) is 18.3. The number of nitrogens with two attached hydrogens (primary N) is 1. The van der Waals surface area contributed by atoms with Gasteiger partial charge in [-0.2, -0.15) is 9.97 Å². The van der Waals surface area contributed by atoms with Gasteiger partial charge in [-0.05, 0) is 111 Å². The van der Waals surface area contributed by atoms with Crippen molar-refractivity contribution >= 4 is 69.0 Å². The summed E-state index contributed by atoms with van der Waals surface area (Å²) in [5, 5.41) is 50.3. The third-order valence-electron chi connectivity index (χ3n) is 20.1. The van der Waals surface area contributed by atoms with Crippen LogP contribution in [0.3, 0.4) is 0 Å². The number of aliphatic hydroxyl groups excluding tert-OH is 2. The van der Waals surface area contributed by atoms with Crippen LogP contribution in [0.5, 0.6) is 0 Å². The number of oxime groups is 1. The van der Waals surface area contributed by atoms with Crippen molar-refractivity contribution in [2.75, 3.05) is 80.2 Å². The van der Waals surface area contributed by atoms with Gasteiger partial charge in [0.05, 0.1) is 48.8 Å². The molecule has 3 aromatic carbocycles. The third-order valence-corrected chi connectivity index (χ3v) is 23.6. The molecule has 25 nitrogen and oxygen atoms in total. The van der Waals surface area contributed by atoms with E-state index in [2.05, 4.69) is 81.4 Å². The van der Waals surface area contributed by atoms with Crippen LogP contribution in [0.1, 0.15) is 117 Å². The first-order valence-corrected chi connectivity index (χ1v) is 35.2. The lowest BCUT2D eigenvalue weighted by Gasteiger charge is -2.30. The highest BCUT2D eigenvalue weighted by Gasteiger charge is 2.49. The number of amidine groups is 1. The molecule has 0 spiro atoms. The zero-order valence-electron chi connectivity index (χ0n) is 53.5. The number of aliphatic carboxylic acids is 1. The van der Waals surface area contributed by atoms with Gasteiger partial charge < -0.3 is 64.7 Å². The molecule has 28 heteroatoms. The SMILES string of the molecule is CCCN1C(=O)CC2Cc3c(/C(N)=N/O)cccc3C21.CN1CCC2N=C(C(=O)O)SC2C1.CN1CCc2nc(-c3nc(-c4cccc5c4CC4CC(=O)N(CCO)C54)no3)sc2C1.CN1CCc2nc(-c3nc(-c4cccc5c4CC4CC(=O)N(CCO)C54)no3)sc2C1. The summed E-state index contributed by atoms with van der Waals surface area (Å²) in [4.78, 5) is 85.6. The van der Waals surface area contributed by atoms with Crippen LogP contribution in [0.15, 0.2) is 73.8 Å². The molecular formula is C67H77N15O10S3. The number of hydrogen-bond acceptors (Lipinski definition) is 23. The minimum atomic E-state index is -0.873. The van der Waals surface area contributed by atoms with Crippen molar-refractivity contribution in [1.82, 2.24) is 59.6 Å². The Labute approximate surface area is 561 Å². The maximum Gasteiger partial charge on any atom is 0.360 e. The quantitative estimate of drug-likeness (QED) is 0.0377. The van der Waals surface area contributed by atoms with E-state index in [4.69, 9.17) is 45.0 Å². The molecule has 0 radical (unpaired) electrons. The molecule has 8 atom stereocenters. The summed E-state index contributed by atoms with van der Waals surface area (Å²) in [6, 6.07) is 18.5. The molecule has 4 saturated heterocycles. The Morgan fingerprint density at radius 2 is 1.11 bits per heavy atom. The molecular weight excluding hydrogens is 1270 g/mol. The zero-order chi connectivity index (χ0) is 65.9. The maximum atomic E-state index is 12.4. The van der Waals surface area contributed by atoms with Gasteiger partial charge in [0, 0.05) is 116 Å². The van der Waals surface area contributed by atoms with Crippen molar-refractivity contribution in [1.29, 1.82) is 0 Å². The number of aliphatic imine (C=N–C) groups is 1. The highest BCUT2D eigenvalue weighted by Crippen LogP contribution is 2.52. The van der Waals surface area contributed by atoms with E-state index in [9.17, 15) is 29.4 Å². The minimum absolute atomic E-state index is 0.0221. The number of fused-ring (bicyclic) bond motifs is 12. The van der Waals surface area contributed by atoms with Gasteiger partial charge in [-0.3, -0.25) is 19.4 Å². The molecule has 0 bridgehead atoms. The molecule has 95 heavy (non-hydrogen) atoms. The normalized spacial score (nSPS) is 24.7. The summed E-state index contributed by atoms with van der Waals surface area (Å²) in [5.41, 5.74) is 17.7. The van der Waals surface area contributed by atoms with Crippen molar-refractivity contribution in [2.24, 2.45) is 33.6 Å². The summed E-state index contributed by atoms with van der Waals surface area (Å²) in [6.07, 6.45) is 7.95. The van der Waals surface area contributed by atoms with Crippen molar-refractivity contribution in [2.45, 2.75) is 114 Å². The van der Waals surface area contributed by atoms with Gasteiger partial charge in [-0.15, -0.1) is 22.7 Å². The molecule has 0 saturated carbocycles. The number of thioether (sulfide) groups is 1. The van der Waals surface area contributed by atoms with E-state index < -0.39 is 5.97 Å². The van der Waals surface area contributed by atoms with Crippen LogP contribution in [-0.2, 0) is 64.4 Å². The predicted octanol–water partition coefficient (Wildman–Crippen LogP) is 6.50. The molecule has 3 aliphatic carbocycles. The molecule has 7 aromatic rings. The Balaban J connectivity index is 0.000000114. The van der Waals surface area contributed by atoms with E-state index in [-0.39, 0.29) is 72.8 Å². The lowest BCUT2D eigenvalue weighted by Crippen LogP contribution is -2.40. The lowest BCUT2D eigenvalue weighted by atomic mass is 10.0. The summed E-state index contributed by atoms with van der Waals surface area (Å²) in [5.74, 6) is 2.65. The van der Waals surface area contributed by atoms with Crippen LogP contribution in [0, 0.1) is 17.8 Å². The van der Waals surface area contributed by atoms with Gasteiger partial charge in [0.2, 0.25) is 29.4 Å². The number of aromatic nitrogens is 6. The summed E-state index contributed by atoms with van der Waals surface area (Å²) < 4.78 is 11.2. The van der Waals surface area contributed by atoms with E-state index in [1.54, 1.807) is 22.7 Å². The number of hydrogen-bond donors (Lipinski definition) is 5. The van der Waals surface area contributed by atoms with Gasteiger partial charge in [-0.1, -0.05) is 88.8 Å². The van der Waals surface area contributed by atoms with E-state index >= 15 is 0 Å². The largest absolute Gasteiger partial charge is 0.476 e. The Morgan fingerprint density at radius 1 is 0.632 bits per heavy atom. The van der Waals surface area contributed by atoms with E-state index in [1.165, 1.54) is 38.2 Å². The first-order chi connectivity index (χ1) is 46.1. The predicted molar refractivity (Wildman–Crippen MR) is 356 cm³/mol. The minimum Gasteiger partial charge on any atom is -0.476 e. The Morgan fingerprint density at radius 3 is 1.58 bits per heavy atom. The van der Waals surface area contributed by atoms with E-state index in [1.807, 2.05) is 51.1 Å². The second-order valence-corrected chi connectivity index (χ2v) is 29.7. The number of carboxylic acid groups (broad SMARTS) is 1. The second-order valence-electron chi connectivity index (χ2n) is 26.3. The number of likely N-dealkylation sites (tertiary alicyclic amines) is 4. The number of thiazole rings is 2. The number of nitrogens with zero attached hydrogens (tertiary/aromatic N) is 14. The number of aliphatic hydroxyl groups is 2. The topological polar surface area (TPSA) is 323 Å². The maximum absolute atomic E-state index is 12.4. The number of carbonyl (C=O) groups excluding carboxylic acids is 3. The molecule has 7 aliphatic heterocycles. The number of benzene rings is 3. The first kappa shape index (κ1) is 64.5. The van der Waals surface area contributed by atoms with Crippen LogP contribution in [0.25, 0.3) is 44.6 Å². The average molecular weight is 1350 g/mol. The lowest BCUT2D eigenvalue weighted by molar-refractivity contribution is -0.130. The Hall–Kier alpha value is -7.83. The van der Waals surface area contributed by atoms with Crippen molar-refractivity contribution in [3.8, 4) is 44.6 Å². The number of likely N-dealkylation sites (N-methyl/N-ethyl adjacent to an activating group) is 2. The zero-order valence-corrected chi connectivity index (χ0v) is 55.9. The summed E-state index contributed by atoms with van der Waals surface area (Å²) in [7, 11) is 6.30. The van der Waals surface area contributed by atoms with Crippen LogP contribution in [-0.4, -0.2) is 206 Å². The van der Waals surface area contributed by atoms with Gasteiger partial charge in [0.1, 0.15) is 0 Å². The Bertz CT molecular complexity index is 3980. The number of carbonyl (C=O) groups is 4. The number of piperidine rings is 1. The fraction of sp³-hybridized carbons (Fsp3) is 0.493. The third kappa shape index (κ3) is 12.4. The fourth-order valence-corrected chi connectivity index (χ4v) is 19.4. The van der Waals surface area contributed by atoms with E-state index in [0.717, 1.165) is 146 Å². The van der Waals surface area contributed by atoms with Gasteiger partial charge in [-0.25, -0.2) is 14.8 Å². The van der Waals surface area contributed by atoms with Crippen LogP contribution < -0.4 is 5.73 Å². The van der Waals surface area contributed by atoms with E-state index in [0.29, 0.717) is 72.0 Å². The smallest absolute Gasteiger partial charge is 0.360 e. The number of β-amino-alcohol motifs (C(OH)–C–C–N with tert-alkyl or cyclic N) is 2. The standard InChI is InChI=1S/2C22H23N5O3S.C15H19N3O2.C8H12N2O2S/c2*1-26-6-5-16-17(11-26)31-22(23-16)21-24-20(25-30-21)14-4-2-3-13-15(14)9-12-10-18(29)27(7-8-28)19(12)13;1-2-6-18-13(19)8-9-7-12-10(14(9)18)4-3-5-11(12)15(16)17-20;1-10-3-2-5-6(4-10)13-7(9-5)8(11)12/h2*2-4,12,19,28H,5-11H2,1H3;3-5,9,14,20H,2,6-8H2,1H3,(H2,16,17);5-6H,2-4H2,1H3,(H,11,12). The first-order valence-electron chi connectivity index (χ1n) is 32.7. The van der Waals surface area contributed by atoms with Crippen molar-refractivity contribution < 1.29 is 48.8 Å². The highest BCUT2D eigenvalue weighted by molar-refractivity contribution is 8.16. The van der Waals surface area contributed by atoms with Crippen LogP contribution in [0.2, 0.25) is 0 Å².